The van der Waals surface area contributed by atoms with Crippen molar-refractivity contribution in [2.75, 3.05) is 33.4 Å². The number of esters is 1. The van der Waals surface area contributed by atoms with Crippen LogP contribution in [-0.2, 0) is 25.5 Å². The number of hydrogen-bond donors (Lipinski definition) is 1. The number of unbranched alkanes of at least 4 members (excludes halogenated alkanes) is 4. The second kappa shape index (κ2) is 22.5. The minimum atomic E-state index is -0.918. The Kier molecular flexibility index (Phi) is 17.8. The number of allylic oxidation sites excluding steroid dienone is 2. The van der Waals surface area contributed by atoms with Gasteiger partial charge in [-0.15, -0.1) is 0 Å². The lowest BCUT2D eigenvalue weighted by Crippen LogP contribution is -2.49. The zero-order chi connectivity index (χ0) is 37.7. The number of amides is 2. The van der Waals surface area contributed by atoms with Crippen molar-refractivity contribution < 1.29 is 30.0 Å². The van der Waals surface area contributed by atoms with Crippen LogP contribution in [0.1, 0.15) is 66.3 Å². The Morgan fingerprint density at radius 3 is 2.27 bits per heavy atom. The molecule has 1 aromatic heterocycles. The van der Waals surface area contributed by atoms with Gasteiger partial charge in [0.2, 0.25) is 5.91 Å². The first-order valence-corrected chi connectivity index (χ1v) is 18.2. The zero-order valence-electron chi connectivity index (χ0n) is 31.1. The van der Waals surface area contributed by atoms with Crippen molar-refractivity contribution in [1.29, 1.82) is 0 Å². The molecule has 2 atom stereocenters. The highest BCUT2D eigenvalue weighted by atomic mass is 16.5. The molecule has 0 spiro atoms. The predicted octanol–water partition coefficient (Wildman–Crippen LogP) is 8.39. The van der Waals surface area contributed by atoms with Gasteiger partial charge in [-0.3, -0.25) is 9.59 Å². The second-order valence-corrected chi connectivity index (χ2v) is 12.2. The van der Waals surface area contributed by atoms with Crippen molar-refractivity contribution in [2.24, 2.45) is 5.92 Å². The Morgan fingerprint density at radius 1 is 0.962 bits per heavy atom. The van der Waals surface area contributed by atoms with Crippen LogP contribution in [0.2, 0.25) is 0 Å². The van der Waals surface area contributed by atoms with Crippen molar-refractivity contribution in [3.05, 3.63) is 103 Å². The summed E-state index contributed by atoms with van der Waals surface area (Å²) in [4.78, 5) is 49.3. The lowest BCUT2D eigenvalue weighted by molar-refractivity contribution is -0.145. The third-order valence-electron chi connectivity index (χ3n) is 8.60. The summed E-state index contributed by atoms with van der Waals surface area (Å²) in [6.45, 7) is 14.9. The van der Waals surface area contributed by atoms with Crippen molar-refractivity contribution in [2.45, 2.75) is 71.8 Å². The molecule has 280 valence electrons. The molecule has 52 heavy (non-hydrogen) atoms. The molecular formula is C42H56N4O6. The number of aromatic nitrogens is 2. The summed E-state index contributed by atoms with van der Waals surface area (Å²) in [5, 5.41) is 2.72. The first-order chi connectivity index (χ1) is 25.3. The minimum absolute atomic E-state index is 0. The van der Waals surface area contributed by atoms with Crippen LogP contribution >= 0.6 is 0 Å². The Balaban J connectivity index is 0.00000318. The molecule has 1 saturated heterocycles. The molecule has 2 aromatic carbocycles. The molecular weight excluding hydrogens is 656 g/mol. The van der Waals surface area contributed by atoms with Gasteiger partial charge in [-0.25, -0.2) is 14.8 Å². The lowest BCUT2D eigenvalue weighted by atomic mass is 10.0. The average Bonchev–Trinajstić information content (AvgIpc) is 3.69. The van der Waals surface area contributed by atoms with E-state index in [1.165, 1.54) is 32.8 Å². The van der Waals surface area contributed by atoms with Crippen LogP contribution in [0.3, 0.4) is 0 Å². The molecule has 2 heterocycles. The number of rotatable bonds is 18. The van der Waals surface area contributed by atoms with Crippen LogP contribution in [0.15, 0.2) is 97.9 Å². The summed E-state index contributed by atoms with van der Waals surface area (Å²) in [7, 11) is 1.33. The van der Waals surface area contributed by atoms with Gasteiger partial charge in [0, 0.05) is 44.5 Å². The van der Waals surface area contributed by atoms with Crippen molar-refractivity contribution in [3.8, 4) is 28.3 Å². The molecule has 10 nitrogen and oxygen atoms in total. The van der Waals surface area contributed by atoms with E-state index in [-0.39, 0.29) is 32.9 Å². The molecule has 1 N–H and O–H groups in total. The number of benzene rings is 2. The fourth-order valence-corrected chi connectivity index (χ4v) is 5.69. The first-order valence-electron chi connectivity index (χ1n) is 18.2. The molecule has 0 bridgehead atoms. The Bertz CT molecular complexity index is 1610. The monoisotopic (exact) mass is 712 g/mol. The number of methoxy groups -OCH3 is 1. The highest BCUT2D eigenvalue weighted by Crippen LogP contribution is 2.24. The van der Waals surface area contributed by atoms with Gasteiger partial charge in [-0.2, -0.15) is 0 Å². The molecule has 2 amide bonds. The van der Waals surface area contributed by atoms with E-state index in [0.29, 0.717) is 24.4 Å². The number of hydrogen-bond acceptors (Lipinski definition) is 8. The second-order valence-electron chi connectivity index (χ2n) is 12.2. The molecule has 10 heteroatoms. The van der Waals surface area contributed by atoms with E-state index >= 15 is 0 Å². The van der Waals surface area contributed by atoms with Crippen LogP contribution < -0.4 is 10.1 Å². The summed E-state index contributed by atoms with van der Waals surface area (Å²) in [6.07, 6.45) is 14.4. The summed E-state index contributed by atoms with van der Waals surface area (Å²) in [5.41, 5.74) is 4.18. The van der Waals surface area contributed by atoms with Crippen LogP contribution in [0, 0.1) is 5.92 Å². The summed E-state index contributed by atoms with van der Waals surface area (Å²) in [6, 6.07) is 14.6. The topological polar surface area (TPSA) is 120 Å². The summed E-state index contributed by atoms with van der Waals surface area (Å²) >= 11 is 0. The number of carbonyl (C=O) groups excluding carboxylic acids is 3. The maximum Gasteiger partial charge on any atom is 0.408 e. The van der Waals surface area contributed by atoms with Gasteiger partial charge in [0.25, 0.3) is 0 Å². The van der Waals surface area contributed by atoms with Crippen LogP contribution in [0.5, 0.6) is 5.75 Å². The smallest absolute Gasteiger partial charge is 0.408 e. The number of ether oxygens (including phenoxy) is 3. The van der Waals surface area contributed by atoms with E-state index in [0.717, 1.165) is 41.0 Å². The molecule has 3 aromatic rings. The van der Waals surface area contributed by atoms with E-state index in [1.54, 1.807) is 35.5 Å². The molecule has 1 fully saturated rings. The van der Waals surface area contributed by atoms with E-state index < -0.39 is 18.1 Å². The Morgan fingerprint density at radius 2 is 1.63 bits per heavy atom. The highest BCUT2D eigenvalue weighted by molar-refractivity contribution is 5.87. The SMILES string of the molecule is C=C/C=C(\C=C)COC(=O)N[C@@H](Cc1ccc(-c2ncc(-c3ccc(OCCCCCCC)cc3)cn2)cc1)C(=O)N1CC[C@H](C(=O)OC)C1.CC.[HH]. The number of nitrogens with one attached hydrogen (secondary N) is 1. The van der Waals surface area contributed by atoms with Gasteiger partial charge < -0.3 is 24.4 Å². The molecule has 0 saturated carbocycles. The van der Waals surface area contributed by atoms with Crippen LogP contribution in [0.4, 0.5) is 4.79 Å². The van der Waals surface area contributed by atoms with E-state index in [4.69, 9.17) is 14.2 Å². The fraction of sp³-hybridized carbons (Fsp3) is 0.405. The van der Waals surface area contributed by atoms with E-state index in [1.807, 2.05) is 62.4 Å². The number of alkyl carbamates (subject to hydrolysis) is 1. The quantitative estimate of drug-likeness (QED) is 0.0794. The van der Waals surface area contributed by atoms with Gasteiger partial charge >= 0.3 is 12.1 Å². The predicted molar refractivity (Wildman–Crippen MR) is 208 cm³/mol. The molecule has 0 aliphatic carbocycles. The first kappa shape index (κ1) is 41.2. The van der Waals surface area contributed by atoms with Crippen molar-refractivity contribution in [1.82, 2.24) is 20.2 Å². The number of carbonyl (C=O) groups is 3. The standard InChI is InChI=1S/C40H48N4O6.C2H6.H2/c1-5-8-9-10-11-23-49-35-19-17-31(18-20-35)34-25-41-37(42-26-34)32-15-13-30(14-16-32)24-36(43-40(47)50-28-29(7-3)12-6-2)38(45)44-22-21-33(27-44)39(46)48-4;1-2;/h6-7,12-20,25-26,33,36H,2-3,5,8-11,21-24,27-28H2,1,4H3,(H,43,47);1-2H3;1H/b29-12+;;/t33-,36-;;/m0../s1. The van der Waals surface area contributed by atoms with E-state index in [2.05, 4.69) is 35.4 Å². The molecule has 0 radical (unpaired) electrons. The fourth-order valence-electron chi connectivity index (χ4n) is 5.69. The minimum Gasteiger partial charge on any atom is -0.494 e. The van der Waals surface area contributed by atoms with Crippen LogP contribution in [-0.4, -0.2) is 72.3 Å². The zero-order valence-corrected chi connectivity index (χ0v) is 31.1. The average molecular weight is 713 g/mol. The maximum absolute atomic E-state index is 13.6. The molecule has 0 unspecified atom stereocenters. The van der Waals surface area contributed by atoms with Gasteiger partial charge in [-0.05, 0) is 41.7 Å². The third kappa shape index (κ3) is 12.8. The number of nitrogens with zero attached hydrogens (tertiary/aromatic N) is 3. The third-order valence-corrected chi connectivity index (χ3v) is 8.60. The van der Waals surface area contributed by atoms with E-state index in [9.17, 15) is 14.4 Å². The van der Waals surface area contributed by atoms with Crippen molar-refractivity contribution in [3.63, 3.8) is 0 Å². The Labute approximate surface area is 310 Å². The largest absolute Gasteiger partial charge is 0.494 e. The summed E-state index contributed by atoms with van der Waals surface area (Å²) in [5.74, 6) is 0.362. The van der Waals surface area contributed by atoms with Gasteiger partial charge in [-0.1, -0.05) is 114 Å². The van der Waals surface area contributed by atoms with Gasteiger partial charge in [0.1, 0.15) is 18.4 Å². The summed E-state index contributed by atoms with van der Waals surface area (Å²) < 4.78 is 16.1. The normalized spacial score (nSPS) is 14.3. The van der Waals surface area contributed by atoms with Gasteiger partial charge in [0.15, 0.2) is 5.82 Å². The number of likely N-dealkylation sites (tertiary alicyclic amines) is 1. The van der Waals surface area contributed by atoms with Crippen molar-refractivity contribution >= 4 is 18.0 Å². The lowest BCUT2D eigenvalue weighted by Gasteiger charge is -2.24. The molecule has 1 aliphatic rings. The Hall–Kier alpha value is -5.25. The highest BCUT2D eigenvalue weighted by Gasteiger charge is 2.35. The van der Waals surface area contributed by atoms with Crippen LogP contribution in [0.25, 0.3) is 22.5 Å². The molecule has 1 aliphatic heterocycles. The maximum atomic E-state index is 13.6. The van der Waals surface area contributed by atoms with Gasteiger partial charge in [0.05, 0.1) is 19.6 Å². The molecule has 4 rings (SSSR count).